The van der Waals surface area contributed by atoms with Gasteiger partial charge in [-0.15, -0.1) is 0 Å². The van der Waals surface area contributed by atoms with Gasteiger partial charge in [-0.05, 0) is 59.4 Å². The quantitative estimate of drug-likeness (QED) is 0.771. The maximum atomic E-state index is 11.7. The Bertz CT molecular complexity index is 493. The Balaban J connectivity index is 2.69. The fraction of sp³-hybridized carbons (Fsp3) is 0.750. The van der Waals surface area contributed by atoms with E-state index in [-0.39, 0.29) is 11.9 Å². The number of aromatic nitrogens is 2. The lowest BCUT2D eigenvalue weighted by atomic mass is 9.94. The van der Waals surface area contributed by atoms with Crippen LogP contribution in [0.3, 0.4) is 0 Å². The monoisotopic (exact) mass is 294 g/mol. The summed E-state index contributed by atoms with van der Waals surface area (Å²) in [5.41, 5.74) is 8.56. The van der Waals surface area contributed by atoms with E-state index in [9.17, 15) is 4.79 Å². The highest BCUT2D eigenvalue weighted by molar-refractivity contribution is 5.84. The van der Waals surface area contributed by atoms with Crippen LogP contribution in [0.5, 0.6) is 0 Å². The second kappa shape index (κ2) is 7.07. The molecule has 1 rings (SSSR count). The molecule has 1 aromatic rings. The first-order valence-electron chi connectivity index (χ1n) is 7.81. The van der Waals surface area contributed by atoms with Crippen molar-refractivity contribution in [1.82, 2.24) is 15.1 Å². The van der Waals surface area contributed by atoms with Crippen LogP contribution in [-0.2, 0) is 17.8 Å². The van der Waals surface area contributed by atoms with E-state index in [1.807, 2.05) is 25.5 Å². The van der Waals surface area contributed by atoms with Gasteiger partial charge < -0.3 is 11.1 Å². The third kappa shape index (κ3) is 4.30. The molecule has 0 aromatic carbocycles. The van der Waals surface area contributed by atoms with E-state index in [1.165, 1.54) is 11.3 Å². The van der Waals surface area contributed by atoms with E-state index < -0.39 is 5.54 Å². The van der Waals surface area contributed by atoms with Crippen molar-refractivity contribution in [3.63, 3.8) is 0 Å². The summed E-state index contributed by atoms with van der Waals surface area (Å²) >= 11 is 0. The minimum Gasteiger partial charge on any atom is -0.368 e. The number of hydrogen-bond acceptors (Lipinski definition) is 3. The molecule has 3 N–H and O–H groups in total. The van der Waals surface area contributed by atoms with Crippen molar-refractivity contribution < 1.29 is 4.79 Å². The predicted molar refractivity (Wildman–Crippen MR) is 86.2 cm³/mol. The molecule has 0 fully saturated rings. The van der Waals surface area contributed by atoms with Gasteiger partial charge in [-0.1, -0.05) is 6.92 Å². The molecule has 1 unspecified atom stereocenters. The lowest BCUT2D eigenvalue weighted by molar-refractivity contribution is -0.124. The SMILES string of the molecule is CCc1c(C)nn(CCCC(C)(NC(C)C)C(N)=O)c1C. The van der Waals surface area contributed by atoms with Crippen LogP contribution in [0.1, 0.15) is 57.5 Å². The van der Waals surface area contributed by atoms with E-state index in [4.69, 9.17) is 5.73 Å². The number of rotatable bonds is 8. The summed E-state index contributed by atoms with van der Waals surface area (Å²) in [6.07, 6.45) is 2.58. The minimum absolute atomic E-state index is 0.225. The second-order valence-corrected chi connectivity index (χ2v) is 6.33. The molecule has 0 saturated heterocycles. The molecule has 0 aliphatic rings. The summed E-state index contributed by atoms with van der Waals surface area (Å²) in [7, 11) is 0. The molecule has 1 amide bonds. The number of nitrogens with one attached hydrogen (secondary N) is 1. The number of primary amides is 1. The molecule has 120 valence electrons. The topological polar surface area (TPSA) is 72.9 Å². The fourth-order valence-electron chi connectivity index (χ4n) is 2.95. The maximum absolute atomic E-state index is 11.7. The van der Waals surface area contributed by atoms with Gasteiger partial charge in [0, 0.05) is 18.3 Å². The smallest absolute Gasteiger partial charge is 0.237 e. The molecular weight excluding hydrogens is 264 g/mol. The van der Waals surface area contributed by atoms with Gasteiger partial charge in [0.2, 0.25) is 5.91 Å². The molecule has 0 aliphatic carbocycles. The Hall–Kier alpha value is -1.36. The van der Waals surface area contributed by atoms with Crippen molar-refractivity contribution in [2.45, 2.75) is 78.9 Å². The molecule has 1 atom stereocenters. The van der Waals surface area contributed by atoms with Crippen LogP contribution in [-0.4, -0.2) is 27.3 Å². The van der Waals surface area contributed by atoms with Gasteiger partial charge in [-0.25, -0.2) is 0 Å². The Morgan fingerprint density at radius 2 is 2.05 bits per heavy atom. The average molecular weight is 294 g/mol. The molecule has 21 heavy (non-hydrogen) atoms. The summed E-state index contributed by atoms with van der Waals surface area (Å²) in [4.78, 5) is 11.7. The zero-order valence-electron chi connectivity index (χ0n) is 14.3. The van der Waals surface area contributed by atoms with Gasteiger partial charge in [0.1, 0.15) is 0 Å². The van der Waals surface area contributed by atoms with Crippen molar-refractivity contribution in [3.05, 3.63) is 17.0 Å². The number of carbonyl (C=O) groups excluding carboxylic acids is 1. The molecule has 0 spiro atoms. The fourth-order valence-corrected chi connectivity index (χ4v) is 2.95. The minimum atomic E-state index is -0.655. The van der Waals surface area contributed by atoms with E-state index in [0.717, 1.165) is 25.1 Å². The zero-order chi connectivity index (χ0) is 16.2. The van der Waals surface area contributed by atoms with E-state index in [0.29, 0.717) is 6.42 Å². The van der Waals surface area contributed by atoms with Crippen molar-refractivity contribution in [3.8, 4) is 0 Å². The van der Waals surface area contributed by atoms with Crippen molar-refractivity contribution in [1.29, 1.82) is 0 Å². The molecule has 0 bridgehead atoms. The summed E-state index contributed by atoms with van der Waals surface area (Å²) in [6, 6.07) is 0.225. The van der Waals surface area contributed by atoms with Crippen molar-refractivity contribution >= 4 is 5.91 Å². The first kappa shape index (κ1) is 17.7. The summed E-state index contributed by atoms with van der Waals surface area (Å²) in [6.45, 7) is 13.1. The van der Waals surface area contributed by atoms with Crippen LogP contribution < -0.4 is 11.1 Å². The van der Waals surface area contributed by atoms with Gasteiger partial charge in [0.25, 0.3) is 0 Å². The normalized spacial score (nSPS) is 14.4. The first-order chi connectivity index (χ1) is 9.71. The Morgan fingerprint density at radius 3 is 2.48 bits per heavy atom. The molecule has 0 aliphatic heterocycles. The van der Waals surface area contributed by atoms with Crippen LogP contribution in [0.25, 0.3) is 0 Å². The number of nitrogens with two attached hydrogens (primary N) is 1. The summed E-state index contributed by atoms with van der Waals surface area (Å²) < 4.78 is 2.05. The van der Waals surface area contributed by atoms with Crippen LogP contribution >= 0.6 is 0 Å². The highest BCUT2D eigenvalue weighted by Gasteiger charge is 2.30. The Kier molecular flexibility index (Phi) is 5.96. The zero-order valence-corrected chi connectivity index (χ0v) is 14.3. The van der Waals surface area contributed by atoms with Gasteiger partial charge in [0.15, 0.2) is 0 Å². The van der Waals surface area contributed by atoms with Crippen LogP contribution in [0.15, 0.2) is 0 Å². The van der Waals surface area contributed by atoms with Gasteiger partial charge >= 0.3 is 0 Å². The molecule has 0 saturated carbocycles. The van der Waals surface area contributed by atoms with Gasteiger partial charge in [-0.2, -0.15) is 5.10 Å². The summed E-state index contributed by atoms with van der Waals surface area (Å²) in [5.74, 6) is -0.293. The molecule has 5 heteroatoms. The summed E-state index contributed by atoms with van der Waals surface area (Å²) in [5, 5.41) is 7.87. The number of carbonyl (C=O) groups is 1. The van der Waals surface area contributed by atoms with Crippen molar-refractivity contribution in [2.75, 3.05) is 0 Å². The Labute approximate surface area is 128 Å². The highest BCUT2D eigenvalue weighted by atomic mass is 16.1. The largest absolute Gasteiger partial charge is 0.368 e. The standard InChI is InChI=1S/C16H30N4O/c1-7-14-12(4)19-20(13(14)5)10-8-9-16(6,15(17)21)18-11(2)3/h11,18H,7-10H2,1-6H3,(H2,17,21). The number of amides is 1. The lowest BCUT2D eigenvalue weighted by Crippen LogP contribution is -2.55. The molecular formula is C16H30N4O. The second-order valence-electron chi connectivity index (χ2n) is 6.33. The van der Waals surface area contributed by atoms with Crippen LogP contribution in [0.2, 0.25) is 0 Å². The van der Waals surface area contributed by atoms with Crippen molar-refractivity contribution in [2.24, 2.45) is 5.73 Å². The third-order valence-electron chi connectivity index (χ3n) is 4.08. The van der Waals surface area contributed by atoms with E-state index in [2.05, 4.69) is 31.2 Å². The lowest BCUT2D eigenvalue weighted by Gasteiger charge is -2.29. The van der Waals surface area contributed by atoms with Crippen LogP contribution in [0, 0.1) is 13.8 Å². The predicted octanol–water partition coefficient (Wildman–Crippen LogP) is 2.08. The highest BCUT2D eigenvalue weighted by Crippen LogP contribution is 2.17. The molecule has 1 aromatic heterocycles. The number of aryl methyl sites for hydroxylation is 2. The van der Waals surface area contributed by atoms with Gasteiger partial charge in [0.05, 0.1) is 11.2 Å². The van der Waals surface area contributed by atoms with E-state index >= 15 is 0 Å². The number of nitrogens with zero attached hydrogens (tertiary/aromatic N) is 2. The third-order valence-corrected chi connectivity index (χ3v) is 4.08. The first-order valence-corrected chi connectivity index (χ1v) is 7.81. The number of hydrogen-bond donors (Lipinski definition) is 2. The maximum Gasteiger partial charge on any atom is 0.237 e. The molecule has 1 heterocycles. The van der Waals surface area contributed by atoms with Gasteiger partial charge in [-0.3, -0.25) is 9.48 Å². The molecule has 5 nitrogen and oxygen atoms in total. The Morgan fingerprint density at radius 1 is 1.43 bits per heavy atom. The molecule has 0 radical (unpaired) electrons. The van der Waals surface area contributed by atoms with E-state index in [1.54, 1.807) is 0 Å². The van der Waals surface area contributed by atoms with Crippen LogP contribution in [0.4, 0.5) is 0 Å². The average Bonchev–Trinajstić information content (AvgIpc) is 2.63.